The summed E-state index contributed by atoms with van der Waals surface area (Å²) in [5.41, 5.74) is 6.88. The van der Waals surface area contributed by atoms with Gasteiger partial charge in [-0.05, 0) is 43.7 Å². The number of piperidine rings is 1. The number of hydrogen-bond acceptors (Lipinski definition) is 6. The minimum Gasteiger partial charge on any atom is -0.368 e. The Morgan fingerprint density at radius 2 is 1.84 bits per heavy atom. The van der Waals surface area contributed by atoms with Crippen molar-refractivity contribution < 1.29 is 4.79 Å². The van der Waals surface area contributed by atoms with Crippen LogP contribution in [0.1, 0.15) is 36.1 Å². The number of thiazole rings is 1. The van der Waals surface area contributed by atoms with Crippen LogP contribution in [0, 0.1) is 0 Å². The molecule has 0 saturated carbocycles. The number of primary amides is 1. The number of nitrogens with two attached hydrogens (primary N) is 1. The molecule has 1 aliphatic rings. The zero-order valence-electron chi connectivity index (χ0n) is 17.0. The third-order valence-electron chi connectivity index (χ3n) is 5.81. The van der Waals surface area contributed by atoms with Crippen molar-refractivity contribution in [2.75, 3.05) is 6.54 Å². The van der Waals surface area contributed by atoms with Crippen LogP contribution >= 0.6 is 11.3 Å². The van der Waals surface area contributed by atoms with Crippen LogP contribution in [0.4, 0.5) is 0 Å². The van der Waals surface area contributed by atoms with E-state index in [4.69, 9.17) is 15.7 Å². The molecule has 1 aliphatic heterocycles. The number of para-hydroxylation sites is 2. The SMILES string of the molecule is NC(=O)Cn1c(CN2CCCC[C@H]2c2nc3ccccc3s2)nc2ccccc2c1=O. The van der Waals surface area contributed by atoms with Crippen LogP contribution in [0.3, 0.4) is 0 Å². The molecule has 0 unspecified atom stereocenters. The molecular weight excluding hydrogens is 410 g/mol. The highest BCUT2D eigenvalue weighted by Gasteiger charge is 2.28. The zero-order chi connectivity index (χ0) is 21.4. The van der Waals surface area contributed by atoms with Crippen LogP contribution in [0.15, 0.2) is 53.3 Å². The van der Waals surface area contributed by atoms with Crippen LogP contribution < -0.4 is 11.3 Å². The third kappa shape index (κ3) is 3.84. The Kier molecular flexibility index (Phi) is 5.25. The first-order chi connectivity index (χ1) is 15.1. The highest BCUT2D eigenvalue weighted by Crippen LogP contribution is 2.36. The Balaban J connectivity index is 1.55. The molecule has 31 heavy (non-hydrogen) atoms. The molecule has 0 bridgehead atoms. The van der Waals surface area contributed by atoms with Crippen molar-refractivity contribution >= 4 is 38.4 Å². The second-order valence-corrected chi connectivity index (χ2v) is 8.97. The van der Waals surface area contributed by atoms with Crippen LogP contribution in [0.2, 0.25) is 0 Å². The van der Waals surface area contributed by atoms with Gasteiger partial charge in [0, 0.05) is 0 Å². The highest BCUT2D eigenvalue weighted by molar-refractivity contribution is 7.18. The quantitative estimate of drug-likeness (QED) is 0.522. The maximum Gasteiger partial charge on any atom is 0.261 e. The van der Waals surface area contributed by atoms with Crippen molar-refractivity contribution in [3.8, 4) is 0 Å². The van der Waals surface area contributed by atoms with Crippen molar-refractivity contribution in [1.29, 1.82) is 0 Å². The molecule has 1 saturated heterocycles. The number of carbonyl (C=O) groups is 1. The van der Waals surface area contributed by atoms with E-state index in [1.54, 1.807) is 23.5 Å². The lowest BCUT2D eigenvalue weighted by Gasteiger charge is -2.34. The number of rotatable bonds is 5. The van der Waals surface area contributed by atoms with E-state index in [0.29, 0.717) is 23.3 Å². The summed E-state index contributed by atoms with van der Waals surface area (Å²) in [5, 5.41) is 1.58. The molecule has 3 heterocycles. The number of amides is 1. The maximum atomic E-state index is 13.1. The normalized spacial score (nSPS) is 17.4. The van der Waals surface area contributed by atoms with E-state index in [1.165, 1.54) is 9.27 Å². The fourth-order valence-corrected chi connectivity index (χ4v) is 5.46. The molecule has 0 aliphatic carbocycles. The smallest absolute Gasteiger partial charge is 0.261 e. The molecule has 158 valence electrons. The Morgan fingerprint density at radius 1 is 1.06 bits per heavy atom. The number of benzene rings is 2. The van der Waals surface area contributed by atoms with Gasteiger partial charge in [-0.2, -0.15) is 0 Å². The van der Waals surface area contributed by atoms with Crippen molar-refractivity contribution in [2.24, 2.45) is 5.73 Å². The lowest BCUT2D eigenvalue weighted by molar-refractivity contribution is -0.118. The molecule has 1 fully saturated rings. The summed E-state index contributed by atoms with van der Waals surface area (Å²) < 4.78 is 2.60. The summed E-state index contributed by atoms with van der Waals surface area (Å²) in [4.78, 5) is 36.7. The second kappa shape index (κ2) is 8.20. The van der Waals surface area contributed by atoms with Gasteiger partial charge in [0.05, 0.1) is 33.7 Å². The first-order valence-electron chi connectivity index (χ1n) is 10.5. The fourth-order valence-electron chi connectivity index (χ4n) is 4.33. The van der Waals surface area contributed by atoms with E-state index in [2.05, 4.69) is 11.0 Å². The molecule has 0 radical (unpaired) electrons. The maximum absolute atomic E-state index is 13.1. The first kappa shape index (κ1) is 19.8. The summed E-state index contributed by atoms with van der Waals surface area (Å²) in [6, 6.07) is 15.6. The molecule has 2 aromatic carbocycles. The minimum absolute atomic E-state index is 0.163. The van der Waals surface area contributed by atoms with E-state index in [-0.39, 0.29) is 18.1 Å². The van der Waals surface area contributed by atoms with Crippen LogP contribution in [-0.2, 0) is 17.9 Å². The number of likely N-dealkylation sites (tertiary alicyclic amines) is 1. The lowest BCUT2D eigenvalue weighted by Crippen LogP contribution is -2.37. The predicted molar refractivity (Wildman–Crippen MR) is 122 cm³/mol. The average Bonchev–Trinajstić information content (AvgIpc) is 3.21. The van der Waals surface area contributed by atoms with E-state index in [0.717, 1.165) is 36.3 Å². The highest BCUT2D eigenvalue weighted by atomic mass is 32.1. The summed E-state index contributed by atoms with van der Waals surface area (Å²) >= 11 is 1.72. The predicted octanol–water partition coefficient (Wildman–Crippen LogP) is 3.22. The molecule has 1 amide bonds. The Labute approximate surface area is 183 Å². The summed E-state index contributed by atoms with van der Waals surface area (Å²) in [5.74, 6) is 0.0114. The molecule has 7 nitrogen and oxygen atoms in total. The summed E-state index contributed by atoms with van der Waals surface area (Å²) in [6.45, 7) is 1.18. The van der Waals surface area contributed by atoms with Gasteiger partial charge in [-0.3, -0.25) is 19.1 Å². The van der Waals surface area contributed by atoms with Gasteiger partial charge < -0.3 is 5.73 Å². The van der Waals surface area contributed by atoms with Gasteiger partial charge in [-0.25, -0.2) is 9.97 Å². The van der Waals surface area contributed by atoms with Gasteiger partial charge in [0.25, 0.3) is 5.56 Å². The van der Waals surface area contributed by atoms with Gasteiger partial charge in [0.1, 0.15) is 17.4 Å². The molecule has 4 aromatic rings. The van der Waals surface area contributed by atoms with Crippen molar-refractivity contribution in [1.82, 2.24) is 19.4 Å². The van der Waals surface area contributed by atoms with Crippen molar-refractivity contribution in [3.63, 3.8) is 0 Å². The summed E-state index contributed by atoms with van der Waals surface area (Å²) in [6.07, 6.45) is 3.22. The van der Waals surface area contributed by atoms with Crippen LogP contribution in [0.25, 0.3) is 21.1 Å². The van der Waals surface area contributed by atoms with E-state index < -0.39 is 5.91 Å². The fraction of sp³-hybridized carbons (Fsp3) is 0.304. The molecule has 8 heteroatoms. The third-order valence-corrected chi connectivity index (χ3v) is 6.95. The van der Waals surface area contributed by atoms with Gasteiger partial charge in [0.2, 0.25) is 5.91 Å². The van der Waals surface area contributed by atoms with E-state index in [9.17, 15) is 9.59 Å². The standard InChI is InChI=1S/C23H23N5O2S/c24-20(29)13-28-21(25-16-8-2-1-7-15(16)23(28)30)14-27-12-6-5-10-18(27)22-26-17-9-3-4-11-19(17)31-22/h1-4,7-9,11,18H,5-6,10,12-14H2,(H2,24,29)/t18-/m0/s1. The lowest BCUT2D eigenvalue weighted by atomic mass is 10.0. The zero-order valence-corrected chi connectivity index (χ0v) is 17.8. The van der Waals surface area contributed by atoms with E-state index >= 15 is 0 Å². The average molecular weight is 434 g/mol. The molecule has 5 rings (SSSR count). The Morgan fingerprint density at radius 3 is 2.65 bits per heavy atom. The number of carbonyl (C=O) groups excluding carboxylic acids is 1. The van der Waals surface area contributed by atoms with Gasteiger partial charge in [0.15, 0.2) is 0 Å². The minimum atomic E-state index is -0.554. The van der Waals surface area contributed by atoms with Crippen molar-refractivity contribution in [3.05, 3.63) is 69.7 Å². The van der Waals surface area contributed by atoms with Crippen LogP contribution in [-0.4, -0.2) is 31.9 Å². The Bertz CT molecular complexity index is 1300. The number of hydrogen-bond donors (Lipinski definition) is 1. The van der Waals surface area contributed by atoms with Gasteiger partial charge >= 0.3 is 0 Å². The first-order valence-corrected chi connectivity index (χ1v) is 11.3. The van der Waals surface area contributed by atoms with E-state index in [1.807, 2.05) is 30.3 Å². The number of fused-ring (bicyclic) bond motifs is 2. The molecule has 2 N–H and O–H groups in total. The van der Waals surface area contributed by atoms with Gasteiger partial charge in [-0.15, -0.1) is 11.3 Å². The molecular formula is C23H23N5O2S. The molecule has 1 atom stereocenters. The van der Waals surface area contributed by atoms with Gasteiger partial charge in [-0.1, -0.05) is 30.7 Å². The van der Waals surface area contributed by atoms with Crippen molar-refractivity contribution in [2.45, 2.75) is 38.4 Å². The molecule has 2 aromatic heterocycles. The monoisotopic (exact) mass is 433 g/mol. The molecule has 0 spiro atoms. The van der Waals surface area contributed by atoms with Crippen LogP contribution in [0.5, 0.6) is 0 Å². The second-order valence-electron chi connectivity index (χ2n) is 7.90. The Hall–Kier alpha value is -3.10. The number of aromatic nitrogens is 3. The number of nitrogens with zero attached hydrogens (tertiary/aromatic N) is 4. The largest absolute Gasteiger partial charge is 0.368 e. The topological polar surface area (TPSA) is 94.1 Å². The summed E-state index contributed by atoms with van der Waals surface area (Å²) in [7, 11) is 0.